The van der Waals surface area contributed by atoms with E-state index in [1.165, 1.54) is 0 Å². The summed E-state index contributed by atoms with van der Waals surface area (Å²) in [5.74, 6) is 0.825. The smallest absolute Gasteiger partial charge is 0.323 e. The van der Waals surface area contributed by atoms with E-state index in [2.05, 4.69) is 25.6 Å². The van der Waals surface area contributed by atoms with Crippen molar-refractivity contribution < 1.29 is 4.74 Å². The van der Waals surface area contributed by atoms with Crippen LogP contribution in [0.15, 0.2) is 18.2 Å². The lowest BCUT2D eigenvalue weighted by Gasteiger charge is -2.11. The maximum absolute atomic E-state index is 6.11. The second-order valence-electron chi connectivity index (χ2n) is 4.77. The molecule has 0 bridgehead atoms. The first kappa shape index (κ1) is 15.3. The SMILES string of the molecule is CNc1nc(Nc2ccc(C)c(Cl)c2)nc(OC(C)C)n1. The van der Waals surface area contributed by atoms with Gasteiger partial charge in [-0.05, 0) is 38.5 Å². The number of halogens is 1. The molecular formula is C14H18ClN5O. The first-order valence-electron chi connectivity index (χ1n) is 6.61. The van der Waals surface area contributed by atoms with E-state index in [9.17, 15) is 0 Å². The highest BCUT2D eigenvalue weighted by Gasteiger charge is 2.09. The lowest BCUT2D eigenvalue weighted by molar-refractivity contribution is 0.222. The van der Waals surface area contributed by atoms with Crippen LogP contribution in [0.2, 0.25) is 5.02 Å². The Morgan fingerprint density at radius 1 is 1.14 bits per heavy atom. The van der Waals surface area contributed by atoms with Crippen LogP contribution in [0.3, 0.4) is 0 Å². The van der Waals surface area contributed by atoms with Gasteiger partial charge >= 0.3 is 6.01 Å². The van der Waals surface area contributed by atoms with Crippen molar-refractivity contribution in [3.63, 3.8) is 0 Å². The Morgan fingerprint density at radius 2 is 1.86 bits per heavy atom. The van der Waals surface area contributed by atoms with Gasteiger partial charge in [0, 0.05) is 17.8 Å². The van der Waals surface area contributed by atoms with Crippen molar-refractivity contribution in [3.05, 3.63) is 28.8 Å². The monoisotopic (exact) mass is 307 g/mol. The fraction of sp³-hybridized carbons (Fsp3) is 0.357. The van der Waals surface area contributed by atoms with Gasteiger partial charge in [0.1, 0.15) is 0 Å². The maximum atomic E-state index is 6.11. The minimum atomic E-state index is -0.0150. The quantitative estimate of drug-likeness (QED) is 0.882. The minimum Gasteiger partial charge on any atom is -0.461 e. The van der Waals surface area contributed by atoms with Crippen LogP contribution < -0.4 is 15.4 Å². The molecule has 0 saturated carbocycles. The summed E-state index contributed by atoms with van der Waals surface area (Å²) in [6.07, 6.45) is -0.0150. The molecule has 0 radical (unpaired) electrons. The molecule has 0 aliphatic heterocycles. The Hall–Kier alpha value is -2.08. The molecule has 0 spiro atoms. The molecule has 0 atom stereocenters. The number of nitrogens with one attached hydrogen (secondary N) is 2. The Morgan fingerprint density at radius 3 is 2.48 bits per heavy atom. The number of aryl methyl sites for hydroxylation is 1. The zero-order valence-electron chi connectivity index (χ0n) is 12.4. The molecule has 0 aliphatic carbocycles. The summed E-state index contributed by atoms with van der Waals surface area (Å²) < 4.78 is 5.51. The van der Waals surface area contributed by atoms with E-state index >= 15 is 0 Å². The number of ether oxygens (including phenoxy) is 1. The van der Waals surface area contributed by atoms with Crippen molar-refractivity contribution in [2.24, 2.45) is 0 Å². The van der Waals surface area contributed by atoms with Crippen LogP contribution in [-0.2, 0) is 0 Å². The van der Waals surface area contributed by atoms with E-state index in [1.54, 1.807) is 7.05 Å². The van der Waals surface area contributed by atoms with Crippen molar-refractivity contribution >= 4 is 29.2 Å². The Labute approximate surface area is 128 Å². The molecular weight excluding hydrogens is 290 g/mol. The largest absolute Gasteiger partial charge is 0.461 e. The van der Waals surface area contributed by atoms with Crippen molar-refractivity contribution in [3.8, 4) is 6.01 Å². The number of hydrogen-bond acceptors (Lipinski definition) is 6. The average molecular weight is 308 g/mol. The van der Waals surface area contributed by atoms with Crippen molar-refractivity contribution in [2.45, 2.75) is 26.9 Å². The molecule has 1 aromatic carbocycles. The third-order valence-electron chi connectivity index (χ3n) is 2.61. The molecule has 0 unspecified atom stereocenters. The lowest BCUT2D eigenvalue weighted by atomic mass is 10.2. The lowest BCUT2D eigenvalue weighted by Crippen LogP contribution is -2.11. The van der Waals surface area contributed by atoms with Gasteiger partial charge in [0.05, 0.1) is 6.10 Å². The molecule has 0 aliphatic rings. The van der Waals surface area contributed by atoms with Gasteiger partial charge in [-0.15, -0.1) is 0 Å². The molecule has 0 saturated heterocycles. The van der Waals surface area contributed by atoms with Crippen LogP contribution >= 0.6 is 11.6 Å². The number of benzene rings is 1. The van der Waals surface area contributed by atoms with Crippen molar-refractivity contribution in [1.29, 1.82) is 0 Å². The summed E-state index contributed by atoms with van der Waals surface area (Å²) in [5.41, 5.74) is 1.81. The molecule has 112 valence electrons. The second kappa shape index (κ2) is 6.58. The van der Waals surface area contributed by atoms with E-state index in [4.69, 9.17) is 16.3 Å². The predicted molar refractivity (Wildman–Crippen MR) is 84.6 cm³/mol. The van der Waals surface area contributed by atoms with Crippen molar-refractivity contribution in [2.75, 3.05) is 17.7 Å². The molecule has 6 nitrogen and oxygen atoms in total. The van der Waals surface area contributed by atoms with Crippen LogP contribution in [0.5, 0.6) is 6.01 Å². The molecule has 0 amide bonds. The average Bonchev–Trinajstić information content (AvgIpc) is 2.42. The number of hydrogen-bond donors (Lipinski definition) is 2. The number of nitrogens with zero attached hydrogens (tertiary/aromatic N) is 3. The van der Waals surface area contributed by atoms with Crippen LogP contribution in [0.25, 0.3) is 0 Å². The second-order valence-corrected chi connectivity index (χ2v) is 5.18. The summed E-state index contributed by atoms with van der Waals surface area (Å²) >= 11 is 6.11. The molecule has 2 rings (SSSR count). The van der Waals surface area contributed by atoms with Gasteiger partial charge in [-0.25, -0.2) is 0 Å². The summed E-state index contributed by atoms with van der Waals surface area (Å²) in [6, 6.07) is 5.93. The molecule has 1 heterocycles. The van der Waals surface area contributed by atoms with Gasteiger partial charge in [0.2, 0.25) is 11.9 Å². The first-order chi connectivity index (χ1) is 9.97. The van der Waals surface area contributed by atoms with Crippen LogP contribution in [0.4, 0.5) is 17.6 Å². The fourth-order valence-corrected chi connectivity index (χ4v) is 1.77. The van der Waals surface area contributed by atoms with E-state index in [1.807, 2.05) is 39.0 Å². The highest BCUT2D eigenvalue weighted by Crippen LogP contribution is 2.23. The topological polar surface area (TPSA) is 72.0 Å². The van der Waals surface area contributed by atoms with E-state index in [0.29, 0.717) is 16.9 Å². The van der Waals surface area contributed by atoms with E-state index in [0.717, 1.165) is 11.3 Å². The Balaban J connectivity index is 2.27. The molecule has 7 heteroatoms. The van der Waals surface area contributed by atoms with Gasteiger partial charge in [0.25, 0.3) is 0 Å². The maximum Gasteiger partial charge on any atom is 0.323 e. The summed E-state index contributed by atoms with van der Waals surface area (Å²) in [6.45, 7) is 5.77. The third kappa shape index (κ3) is 4.19. The van der Waals surface area contributed by atoms with E-state index in [-0.39, 0.29) is 12.1 Å². The summed E-state index contributed by atoms with van der Waals surface area (Å²) in [5, 5.41) is 6.65. The molecule has 21 heavy (non-hydrogen) atoms. The van der Waals surface area contributed by atoms with Gasteiger partial charge in [0.15, 0.2) is 0 Å². The first-order valence-corrected chi connectivity index (χ1v) is 6.99. The van der Waals surface area contributed by atoms with Gasteiger partial charge in [-0.1, -0.05) is 17.7 Å². The van der Waals surface area contributed by atoms with E-state index < -0.39 is 0 Å². The van der Waals surface area contributed by atoms with Crippen LogP contribution in [-0.4, -0.2) is 28.1 Å². The number of rotatable bonds is 5. The third-order valence-corrected chi connectivity index (χ3v) is 3.01. The van der Waals surface area contributed by atoms with Crippen LogP contribution in [0.1, 0.15) is 19.4 Å². The molecule has 1 aromatic heterocycles. The molecule has 0 fully saturated rings. The minimum absolute atomic E-state index is 0.0150. The van der Waals surface area contributed by atoms with Gasteiger partial charge < -0.3 is 15.4 Å². The highest BCUT2D eigenvalue weighted by atomic mass is 35.5. The number of anilines is 3. The predicted octanol–water partition coefficient (Wildman–Crippen LogP) is 3.41. The zero-order valence-corrected chi connectivity index (χ0v) is 13.2. The van der Waals surface area contributed by atoms with Crippen molar-refractivity contribution in [1.82, 2.24) is 15.0 Å². The summed E-state index contributed by atoms with van der Waals surface area (Å²) in [4.78, 5) is 12.6. The highest BCUT2D eigenvalue weighted by molar-refractivity contribution is 6.31. The summed E-state index contributed by atoms with van der Waals surface area (Å²) in [7, 11) is 1.74. The zero-order chi connectivity index (χ0) is 15.4. The van der Waals surface area contributed by atoms with Crippen LogP contribution in [0, 0.1) is 6.92 Å². The Kier molecular flexibility index (Phi) is 4.80. The molecule has 2 N–H and O–H groups in total. The van der Waals surface area contributed by atoms with Gasteiger partial charge in [-0.2, -0.15) is 15.0 Å². The fourth-order valence-electron chi connectivity index (χ4n) is 1.59. The molecule has 2 aromatic rings. The number of aromatic nitrogens is 3. The Bertz CT molecular complexity index is 633. The van der Waals surface area contributed by atoms with Gasteiger partial charge in [-0.3, -0.25) is 0 Å². The normalized spacial score (nSPS) is 10.6. The standard InChI is InChI=1S/C14H18ClN5O/c1-8(2)21-14-19-12(16-4)18-13(20-14)17-10-6-5-9(3)11(15)7-10/h5-8H,1-4H3,(H2,16,17,18,19,20).